The molecule has 0 amide bonds. The molecule has 1 aliphatic rings. The summed E-state index contributed by atoms with van der Waals surface area (Å²) < 4.78 is 24.3. The van der Waals surface area contributed by atoms with E-state index in [0.29, 0.717) is 6.04 Å². The van der Waals surface area contributed by atoms with Gasteiger partial charge < -0.3 is 5.32 Å². The number of nitrogens with zero attached hydrogens (tertiary/aromatic N) is 1. The van der Waals surface area contributed by atoms with Gasteiger partial charge in [0.2, 0.25) is 0 Å². The third kappa shape index (κ3) is 5.42. The minimum atomic E-state index is -2.22. The quantitative estimate of drug-likeness (QED) is 0.672. The molecule has 0 radical (unpaired) electrons. The van der Waals surface area contributed by atoms with E-state index >= 15 is 0 Å². The Kier molecular flexibility index (Phi) is 5.47. The highest BCUT2D eigenvalue weighted by molar-refractivity contribution is 4.88. The first kappa shape index (κ1) is 12.8. The van der Waals surface area contributed by atoms with Crippen molar-refractivity contribution in [2.75, 3.05) is 26.7 Å². The number of alkyl halides is 2. The third-order valence-electron chi connectivity index (χ3n) is 2.81. The van der Waals surface area contributed by atoms with E-state index in [2.05, 4.69) is 12.2 Å². The summed E-state index contributed by atoms with van der Waals surface area (Å²) in [5, 5.41) is 3.45. The molecule has 0 aliphatic heterocycles. The van der Waals surface area contributed by atoms with E-state index in [1.807, 2.05) is 0 Å². The fourth-order valence-corrected chi connectivity index (χ4v) is 1.85. The second-order valence-electron chi connectivity index (χ2n) is 4.51. The molecule has 1 unspecified atom stereocenters. The Morgan fingerprint density at radius 3 is 2.47 bits per heavy atom. The zero-order valence-corrected chi connectivity index (χ0v) is 9.68. The zero-order valence-electron chi connectivity index (χ0n) is 9.68. The molecule has 1 N–H and O–H groups in total. The molecule has 0 saturated heterocycles. The van der Waals surface area contributed by atoms with E-state index in [1.165, 1.54) is 12.8 Å². The molecule has 0 aromatic rings. The molecule has 0 heterocycles. The van der Waals surface area contributed by atoms with Crippen molar-refractivity contribution < 1.29 is 8.78 Å². The number of hydrogen-bond donors (Lipinski definition) is 1. The second-order valence-corrected chi connectivity index (χ2v) is 4.51. The number of halogens is 2. The van der Waals surface area contributed by atoms with Crippen LogP contribution in [0.1, 0.15) is 26.2 Å². The lowest BCUT2D eigenvalue weighted by Crippen LogP contribution is -2.42. The fourth-order valence-electron chi connectivity index (χ4n) is 1.85. The number of likely N-dealkylation sites (N-methyl/N-ethyl adjacent to an activating group) is 1. The van der Waals surface area contributed by atoms with E-state index in [-0.39, 0.29) is 6.54 Å². The highest BCUT2D eigenvalue weighted by Gasteiger charge is 2.31. The largest absolute Gasteiger partial charge is 0.312 e. The Hall–Kier alpha value is -0.220. The number of nitrogens with one attached hydrogen (secondary N) is 1. The van der Waals surface area contributed by atoms with Crippen molar-refractivity contribution in [2.45, 2.75) is 38.7 Å². The summed E-state index contributed by atoms with van der Waals surface area (Å²) in [6, 6.07) is 0.411. The van der Waals surface area contributed by atoms with E-state index < -0.39 is 6.43 Å². The maximum atomic E-state index is 12.1. The Morgan fingerprint density at radius 2 is 2.00 bits per heavy atom. The number of hydrogen-bond acceptors (Lipinski definition) is 2. The van der Waals surface area contributed by atoms with Crippen LogP contribution in [0.25, 0.3) is 0 Å². The van der Waals surface area contributed by atoms with Crippen molar-refractivity contribution in [3.8, 4) is 0 Å². The first-order valence-electron chi connectivity index (χ1n) is 5.83. The molecule has 0 aromatic heterocycles. The van der Waals surface area contributed by atoms with Gasteiger partial charge in [0.05, 0.1) is 6.54 Å². The molecule has 15 heavy (non-hydrogen) atoms. The first-order valence-corrected chi connectivity index (χ1v) is 5.83. The molecule has 2 nitrogen and oxygen atoms in total. The topological polar surface area (TPSA) is 15.3 Å². The summed E-state index contributed by atoms with van der Waals surface area (Å²) in [6.45, 7) is 3.75. The van der Waals surface area contributed by atoms with Gasteiger partial charge in [0.1, 0.15) is 0 Å². The first-order chi connectivity index (χ1) is 7.13. The van der Waals surface area contributed by atoms with Crippen molar-refractivity contribution >= 4 is 0 Å². The van der Waals surface area contributed by atoms with E-state index in [9.17, 15) is 8.78 Å². The van der Waals surface area contributed by atoms with Crippen molar-refractivity contribution in [3.05, 3.63) is 0 Å². The Bertz CT molecular complexity index is 172. The molecule has 0 spiro atoms. The van der Waals surface area contributed by atoms with Gasteiger partial charge in [-0.2, -0.15) is 0 Å². The van der Waals surface area contributed by atoms with Crippen molar-refractivity contribution in [1.82, 2.24) is 10.2 Å². The minimum Gasteiger partial charge on any atom is -0.312 e. The van der Waals surface area contributed by atoms with Crippen molar-refractivity contribution in [2.24, 2.45) is 5.92 Å². The molecule has 0 bridgehead atoms. The Balaban J connectivity index is 2.23. The normalized spacial score (nSPS) is 18.8. The molecule has 1 fully saturated rings. The lowest BCUT2D eigenvalue weighted by atomic mass is 10.1. The Labute approximate surface area is 91.0 Å². The maximum Gasteiger partial charge on any atom is 0.251 e. The average molecular weight is 220 g/mol. The third-order valence-corrected chi connectivity index (χ3v) is 2.81. The van der Waals surface area contributed by atoms with Crippen LogP contribution in [0, 0.1) is 5.92 Å². The van der Waals surface area contributed by atoms with Crippen LogP contribution in [0.2, 0.25) is 0 Å². The van der Waals surface area contributed by atoms with Crippen molar-refractivity contribution in [3.63, 3.8) is 0 Å². The van der Waals surface area contributed by atoms with Crippen LogP contribution in [0.15, 0.2) is 0 Å². The van der Waals surface area contributed by atoms with Crippen LogP contribution in [0.4, 0.5) is 8.78 Å². The molecule has 1 saturated carbocycles. The van der Waals surface area contributed by atoms with Gasteiger partial charge in [-0.05, 0) is 38.8 Å². The monoisotopic (exact) mass is 220 g/mol. The van der Waals surface area contributed by atoms with Crippen molar-refractivity contribution in [1.29, 1.82) is 0 Å². The summed E-state index contributed by atoms with van der Waals surface area (Å²) in [6.07, 6.45) is 1.39. The predicted octanol–water partition coefficient (Wildman–Crippen LogP) is 1.96. The molecule has 1 aliphatic carbocycles. The van der Waals surface area contributed by atoms with Crippen LogP contribution < -0.4 is 5.32 Å². The standard InChI is InChI=1S/C11H22F2N2/c1-3-6-14-10(9-4-5-9)7-15(2)8-11(12)13/h9-11,14H,3-8H2,1-2H3. The van der Waals surface area contributed by atoms with Crippen LogP contribution in [-0.4, -0.2) is 44.0 Å². The molecule has 1 atom stereocenters. The Morgan fingerprint density at radius 1 is 1.33 bits per heavy atom. The fraction of sp³-hybridized carbons (Fsp3) is 1.00. The van der Waals surface area contributed by atoms with Crippen LogP contribution >= 0.6 is 0 Å². The SMILES string of the molecule is CCCNC(CN(C)CC(F)F)C1CC1. The minimum absolute atomic E-state index is 0.114. The maximum absolute atomic E-state index is 12.1. The van der Waals surface area contributed by atoms with E-state index in [0.717, 1.165) is 25.4 Å². The van der Waals surface area contributed by atoms with Gasteiger partial charge in [-0.1, -0.05) is 6.92 Å². The molecular formula is C11H22F2N2. The molecule has 1 rings (SSSR count). The molecular weight excluding hydrogens is 198 g/mol. The second kappa shape index (κ2) is 6.38. The zero-order chi connectivity index (χ0) is 11.3. The molecule has 4 heteroatoms. The van der Waals surface area contributed by atoms with E-state index in [1.54, 1.807) is 11.9 Å². The van der Waals surface area contributed by atoms with Crippen LogP contribution in [0.5, 0.6) is 0 Å². The lowest BCUT2D eigenvalue weighted by molar-refractivity contribution is 0.0945. The van der Waals surface area contributed by atoms with E-state index in [4.69, 9.17) is 0 Å². The van der Waals surface area contributed by atoms with Gasteiger partial charge in [-0.3, -0.25) is 4.90 Å². The number of rotatable bonds is 8. The summed E-state index contributed by atoms with van der Waals surface area (Å²) in [5.74, 6) is 0.719. The predicted molar refractivity (Wildman–Crippen MR) is 58.3 cm³/mol. The smallest absolute Gasteiger partial charge is 0.251 e. The van der Waals surface area contributed by atoms with Crippen LogP contribution in [0.3, 0.4) is 0 Å². The molecule has 0 aromatic carbocycles. The average Bonchev–Trinajstić information content (AvgIpc) is 2.93. The summed E-state index contributed by atoms with van der Waals surface area (Å²) in [4.78, 5) is 1.73. The van der Waals surface area contributed by atoms with Gasteiger partial charge in [0, 0.05) is 12.6 Å². The van der Waals surface area contributed by atoms with Gasteiger partial charge in [0.15, 0.2) is 0 Å². The highest BCUT2D eigenvalue weighted by atomic mass is 19.3. The summed E-state index contributed by atoms with van der Waals surface area (Å²) in [7, 11) is 1.77. The van der Waals surface area contributed by atoms with Gasteiger partial charge in [-0.15, -0.1) is 0 Å². The van der Waals surface area contributed by atoms with Gasteiger partial charge >= 0.3 is 0 Å². The molecule has 90 valence electrons. The van der Waals surface area contributed by atoms with Gasteiger partial charge in [0.25, 0.3) is 6.43 Å². The summed E-state index contributed by atoms with van der Waals surface area (Å²) >= 11 is 0. The van der Waals surface area contributed by atoms with Crippen LogP contribution in [-0.2, 0) is 0 Å². The van der Waals surface area contributed by atoms with Gasteiger partial charge in [-0.25, -0.2) is 8.78 Å². The highest BCUT2D eigenvalue weighted by Crippen LogP contribution is 2.32. The lowest BCUT2D eigenvalue weighted by Gasteiger charge is -2.24. The summed E-state index contributed by atoms with van der Waals surface area (Å²) in [5.41, 5.74) is 0.